The summed E-state index contributed by atoms with van der Waals surface area (Å²) in [4.78, 5) is 4.63. The maximum absolute atomic E-state index is 13.2. The summed E-state index contributed by atoms with van der Waals surface area (Å²) in [5.41, 5.74) is 5.26. The molecule has 1 saturated heterocycles. The first-order valence-electron chi connectivity index (χ1n) is 35.8. The summed E-state index contributed by atoms with van der Waals surface area (Å²) in [7, 11) is 275. The second-order valence-corrected chi connectivity index (χ2v) is 30.7. The minimum Gasteiger partial charge on any atom is -0.399 e. The van der Waals surface area contributed by atoms with Gasteiger partial charge in [0.05, 0.1) is 16.9 Å². The molecule has 0 amide bonds. The summed E-state index contributed by atoms with van der Waals surface area (Å²) in [6.07, 6.45) is -61.0. The number of hydrogen-bond acceptors (Lipinski definition) is 3. The van der Waals surface area contributed by atoms with E-state index < -0.39 is 243 Å². The van der Waals surface area contributed by atoms with E-state index >= 15 is 0 Å². The monoisotopic (exact) mass is 1260 g/mol. The molecular weight excluding hydrogens is 1220 g/mol. The van der Waals surface area contributed by atoms with Crippen molar-refractivity contribution in [2.75, 3.05) is 0 Å². The molecule has 385 valence electrons. The van der Waals surface area contributed by atoms with Crippen molar-refractivity contribution >= 4 is 572 Å². The van der Waals surface area contributed by atoms with E-state index in [1.54, 1.807) is 12.1 Å². The fraction of sp³-hybridized carbons (Fsp3) is 0.292. The largest absolute Gasteiger partial charge is 0.494 e. The Morgan fingerprint density at radius 1 is 0.306 bits per heavy atom. The van der Waals surface area contributed by atoms with E-state index in [0.29, 0.717) is 0 Å². The van der Waals surface area contributed by atoms with Crippen LogP contribution in [0.4, 0.5) is 4.39 Å². The maximum Gasteiger partial charge on any atom is 0.494 e. The fourth-order valence-corrected chi connectivity index (χ4v) is 17.4. The van der Waals surface area contributed by atoms with Crippen LogP contribution < -0.4 is 5.46 Å². The van der Waals surface area contributed by atoms with Crippen molar-refractivity contribution in [1.29, 1.82) is 0 Å². The zero-order chi connectivity index (χ0) is 83.5. The number of rotatable bonds is 41. The number of nitrogens with zero attached hydrogens (tertiary/aromatic N) is 1. The Kier molecular flexibility index (Phi) is 45.2. The third kappa shape index (κ3) is 26.8. The van der Waals surface area contributed by atoms with Gasteiger partial charge in [0.2, 0.25) is 0 Å². The van der Waals surface area contributed by atoms with E-state index in [1.807, 2.05) is 37.4 Å². The number of halogens is 1. The highest BCUT2D eigenvalue weighted by molar-refractivity contribution is 8.41. The molecule has 84 heteroatoms. The van der Waals surface area contributed by atoms with E-state index in [1.165, 1.54) is 12.1 Å². The minimum atomic E-state index is -1.88. The lowest BCUT2D eigenvalue weighted by Gasteiger charge is -2.61. The Morgan fingerprint density at radius 2 is 0.509 bits per heavy atom. The van der Waals surface area contributed by atoms with Gasteiger partial charge in [0.1, 0.15) is 5.82 Å². The summed E-state index contributed by atoms with van der Waals surface area (Å²) in [6.45, 7) is 10.3. The average molecular weight is 1240 g/mol. The SMILES string of the molecule is Cc1cc(-c2ccc(B3OC(C)(C)C(C)(C)O3)cc2)ncc1-c1ccc(F)cc1.[B][B]B([B])B(B([B])[B])B(B(B([B])[B])B([B])[B])B(B(B(B(B([B])[B])B([B])[B])B(B([B])[B])B([B])[B])B(B(B([B])[B])B([B])[B])B(B([B])[B])B([B])[B])B(B(B(B([B])[B])B([B])[B])B(B([B])[B])B([B])[B])B(B(B([B])[B])B([B])[B])B(B([B])[B])B([B])[B]. The first-order valence-corrected chi connectivity index (χ1v) is 35.8. The highest BCUT2D eigenvalue weighted by Crippen LogP contribution is 2.37. The molecule has 0 N–H and O–H groups in total. The van der Waals surface area contributed by atoms with Crippen molar-refractivity contribution in [1.82, 2.24) is 4.98 Å². The number of pyridine rings is 1. The molecule has 0 unspecified atom stereocenters. The van der Waals surface area contributed by atoms with Crippen molar-refractivity contribution in [3.63, 3.8) is 0 Å². The predicted octanol–water partition coefficient (Wildman–Crippen LogP) is -24.9. The van der Waals surface area contributed by atoms with Crippen LogP contribution in [0.1, 0.15) is 33.3 Å². The second-order valence-electron chi connectivity index (χ2n) is 30.7. The molecule has 1 aromatic heterocycles. The Bertz CT molecular complexity index is 2700. The van der Waals surface area contributed by atoms with Crippen LogP contribution in [-0.4, -0.2) is 582 Å². The smallest absolute Gasteiger partial charge is 0.399 e. The zero-order valence-corrected chi connectivity index (χ0v) is 63.1. The molecule has 81 radical (unpaired) electrons. The molecule has 0 saturated carbocycles. The van der Waals surface area contributed by atoms with E-state index in [0.717, 1.165) is 40.5 Å². The zero-order valence-electron chi connectivity index (χ0n) is 63.1. The number of aromatic nitrogens is 1. The Balaban J connectivity index is 0.000000851. The van der Waals surface area contributed by atoms with Crippen LogP contribution >= 0.6 is 0 Å². The van der Waals surface area contributed by atoms with Crippen LogP contribution in [0.2, 0.25) is 0 Å². The summed E-state index contributed by atoms with van der Waals surface area (Å²) in [6, 6.07) is 16.7. The minimum absolute atomic E-state index is 0.238. The highest BCUT2D eigenvalue weighted by atomic mass is 19.1. The molecule has 108 heavy (non-hydrogen) atoms. The third-order valence-corrected chi connectivity index (χ3v) is 22.7. The quantitative estimate of drug-likeness (QED) is 0.0531. The van der Waals surface area contributed by atoms with Crippen LogP contribution in [0.5, 0.6) is 0 Å². The van der Waals surface area contributed by atoms with Gasteiger partial charge >= 0.3 is 7.12 Å². The van der Waals surface area contributed by atoms with Crippen molar-refractivity contribution in [2.45, 2.75) is 45.8 Å². The first-order chi connectivity index (χ1) is 49.6. The Labute approximate surface area is 724 Å². The molecule has 3 aromatic rings. The molecule has 2 heterocycles. The van der Waals surface area contributed by atoms with E-state index in [9.17, 15) is 4.39 Å². The lowest BCUT2D eigenvalue weighted by Crippen LogP contribution is -2.99. The molecule has 3 nitrogen and oxygen atoms in total. The highest BCUT2D eigenvalue weighted by Gasteiger charge is 2.66. The summed E-state index contributed by atoms with van der Waals surface area (Å²) in [5, 5.41) is 0. The van der Waals surface area contributed by atoms with Crippen LogP contribution in [-0.2, 0) is 9.31 Å². The second kappa shape index (κ2) is 46.6. The van der Waals surface area contributed by atoms with Gasteiger partial charge in [0, 0.05) is 577 Å². The van der Waals surface area contributed by atoms with E-state index in [2.05, 4.69) is 38.7 Å². The van der Waals surface area contributed by atoms with Gasteiger partial charge in [-0.3, -0.25) is 4.98 Å². The molecule has 1 aliphatic heterocycles. The first kappa shape index (κ1) is 105. The van der Waals surface area contributed by atoms with Gasteiger partial charge in [-0.2, -0.15) is 0 Å². The van der Waals surface area contributed by atoms with Crippen molar-refractivity contribution < 1.29 is 13.7 Å². The van der Waals surface area contributed by atoms with Gasteiger partial charge in [-0.05, 0) is 69.4 Å². The molecule has 4 rings (SSSR count). The third-order valence-electron chi connectivity index (χ3n) is 22.7. The van der Waals surface area contributed by atoms with Gasteiger partial charge in [-0.15, -0.1) is 0 Å². The van der Waals surface area contributed by atoms with Crippen molar-refractivity contribution in [3.05, 3.63) is 72.2 Å². The van der Waals surface area contributed by atoms with Crippen molar-refractivity contribution in [2.24, 2.45) is 0 Å². The number of benzene rings is 2. The topological polar surface area (TPSA) is 31.4 Å². The predicted molar refractivity (Wildman–Crippen MR) is 570 cm³/mol. The number of aryl methyl sites for hydroxylation is 1. The molecule has 1 fully saturated rings. The fourth-order valence-electron chi connectivity index (χ4n) is 17.4. The summed E-state index contributed by atoms with van der Waals surface area (Å²) >= 11 is 0. The average Bonchev–Trinajstić information content (AvgIpc) is 0.879. The van der Waals surface area contributed by atoms with Gasteiger partial charge in [-0.1, -0.05) is 36.4 Å². The molecule has 1 aliphatic rings. The standard InChI is InChI=1S/C24H25BFNO2.B79/c1-16-14-22(27-15-21(16)17-8-12-20(26)13-9-17)18-6-10-19(11-7-18)25-28-23(2,3)24(4,5)29-25;1-41-61(40)71(60(38)39)76(70(58(34)35)59(36)37)79(77(72(62(42(2)3)43(4)5)63(44(6)7)45(8)9)73(64(46(10)11)47(12)13)65(48(14)15)49(16)17)78(74(66(50(18)19)51(20)21)67(52(22)23)53(24)25)75(68(54(26)27)55(28)29)69(56(30)31)57(32)33/h6-15H,1-5H3;. The normalized spacial score (nSPS) is 11.9. The molecule has 2 aromatic carbocycles. The van der Waals surface area contributed by atoms with Crippen LogP contribution in [0, 0.1) is 12.7 Å². The Morgan fingerprint density at radius 3 is 0.713 bits per heavy atom. The molecular formula is C24H25B80FNO2. The van der Waals surface area contributed by atoms with Crippen LogP contribution in [0.3, 0.4) is 0 Å². The van der Waals surface area contributed by atoms with E-state index in [4.69, 9.17) is 319 Å². The van der Waals surface area contributed by atoms with Gasteiger partial charge < -0.3 is 9.31 Å². The Hall–Kier alpha value is 2.63. The van der Waals surface area contributed by atoms with E-state index in [-0.39, 0.29) is 24.1 Å². The van der Waals surface area contributed by atoms with Crippen molar-refractivity contribution in [3.8, 4) is 22.4 Å². The van der Waals surface area contributed by atoms with Gasteiger partial charge in [0.15, 0.2) is 0 Å². The number of hydrogen-bond donors (Lipinski definition) is 0. The van der Waals surface area contributed by atoms with Crippen LogP contribution in [0.15, 0.2) is 60.8 Å². The van der Waals surface area contributed by atoms with Gasteiger partial charge in [0.25, 0.3) is 0 Å². The molecule has 0 bridgehead atoms. The molecule has 0 atom stereocenters. The lowest BCUT2D eigenvalue weighted by atomic mass is 8.20. The lowest BCUT2D eigenvalue weighted by molar-refractivity contribution is 0.00578. The summed E-state index contributed by atoms with van der Waals surface area (Å²) in [5.74, 6) is -0.238. The van der Waals surface area contributed by atoms with Gasteiger partial charge in [-0.25, -0.2) is 4.39 Å². The summed E-state index contributed by atoms with van der Waals surface area (Å²) < 4.78 is 25.4. The molecule has 0 spiro atoms. The van der Waals surface area contributed by atoms with Crippen LogP contribution in [0.25, 0.3) is 22.4 Å². The maximum atomic E-state index is 13.2. The molecule has 0 aliphatic carbocycles.